The molecule has 0 aromatic heterocycles. The number of hydrogen-bond acceptors (Lipinski definition) is 4. The predicted octanol–water partition coefficient (Wildman–Crippen LogP) is 2.95. The fourth-order valence-electron chi connectivity index (χ4n) is 2.44. The molecule has 1 aliphatic heterocycles. The molecule has 1 saturated heterocycles. The molecule has 108 valence electrons. The minimum atomic E-state index is 0. The zero-order chi connectivity index (χ0) is 13.0. The van der Waals surface area contributed by atoms with Gasteiger partial charge in [0.15, 0.2) is 11.5 Å². The number of nitrogens with one attached hydrogen (secondary N) is 1. The molecule has 4 nitrogen and oxygen atoms in total. The molecular weight excluding hydrogens is 266 g/mol. The maximum absolute atomic E-state index is 5.38. The average Bonchev–Trinajstić information content (AvgIpc) is 2.46. The summed E-state index contributed by atoms with van der Waals surface area (Å²) < 4.78 is 16.1. The Morgan fingerprint density at radius 1 is 1.00 bits per heavy atom. The third-order valence-electron chi connectivity index (χ3n) is 3.40. The zero-order valence-corrected chi connectivity index (χ0v) is 12.5. The lowest BCUT2D eigenvalue weighted by Gasteiger charge is -2.25. The largest absolute Gasteiger partial charge is 0.493 e. The number of rotatable bonds is 4. The number of piperidine rings is 1. The zero-order valence-electron chi connectivity index (χ0n) is 11.7. The van der Waals surface area contributed by atoms with Crippen molar-refractivity contribution in [3.63, 3.8) is 0 Å². The average molecular weight is 288 g/mol. The van der Waals surface area contributed by atoms with E-state index in [1.807, 2.05) is 12.1 Å². The minimum absolute atomic E-state index is 0. The molecule has 0 radical (unpaired) electrons. The van der Waals surface area contributed by atoms with E-state index in [1.54, 1.807) is 21.3 Å². The molecule has 1 unspecified atom stereocenters. The highest BCUT2D eigenvalue weighted by molar-refractivity contribution is 5.85. The number of methoxy groups -OCH3 is 3. The van der Waals surface area contributed by atoms with Crippen LogP contribution in [0.15, 0.2) is 12.1 Å². The number of benzene rings is 1. The first-order valence-corrected chi connectivity index (χ1v) is 6.33. The molecule has 1 heterocycles. The van der Waals surface area contributed by atoms with E-state index in [4.69, 9.17) is 14.2 Å². The Morgan fingerprint density at radius 2 is 1.63 bits per heavy atom. The van der Waals surface area contributed by atoms with Gasteiger partial charge in [0, 0.05) is 6.04 Å². The van der Waals surface area contributed by atoms with Gasteiger partial charge in [-0.15, -0.1) is 12.4 Å². The van der Waals surface area contributed by atoms with E-state index in [0.717, 1.165) is 24.5 Å². The van der Waals surface area contributed by atoms with E-state index in [1.165, 1.54) is 18.4 Å². The molecule has 1 aromatic carbocycles. The van der Waals surface area contributed by atoms with Gasteiger partial charge in [0.2, 0.25) is 5.75 Å². The molecule has 0 saturated carbocycles. The summed E-state index contributed by atoms with van der Waals surface area (Å²) in [6.07, 6.45) is 3.66. The van der Waals surface area contributed by atoms with Gasteiger partial charge in [-0.3, -0.25) is 0 Å². The summed E-state index contributed by atoms with van der Waals surface area (Å²) in [6, 6.07) is 4.45. The molecule has 5 heteroatoms. The van der Waals surface area contributed by atoms with Crippen LogP contribution in [0, 0.1) is 0 Å². The molecule has 0 amide bonds. The minimum Gasteiger partial charge on any atom is -0.493 e. The van der Waals surface area contributed by atoms with Crippen LogP contribution in [0.1, 0.15) is 30.9 Å². The molecule has 1 N–H and O–H groups in total. The predicted molar refractivity (Wildman–Crippen MR) is 77.9 cm³/mol. The normalized spacial score (nSPS) is 18.4. The quantitative estimate of drug-likeness (QED) is 0.924. The van der Waals surface area contributed by atoms with Gasteiger partial charge in [-0.1, -0.05) is 6.42 Å². The molecule has 0 aliphatic carbocycles. The Kier molecular flexibility index (Phi) is 6.25. The Labute approximate surface area is 120 Å². The van der Waals surface area contributed by atoms with Crippen LogP contribution in [0.4, 0.5) is 0 Å². The van der Waals surface area contributed by atoms with Crippen molar-refractivity contribution in [2.24, 2.45) is 0 Å². The van der Waals surface area contributed by atoms with Crippen molar-refractivity contribution >= 4 is 12.4 Å². The molecule has 0 bridgehead atoms. The van der Waals surface area contributed by atoms with Gasteiger partial charge in [0.1, 0.15) is 0 Å². The first-order valence-electron chi connectivity index (χ1n) is 6.33. The van der Waals surface area contributed by atoms with Gasteiger partial charge in [0.25, 0.3) is 0 Å². The Bertz CT molecular complexity index is 381. The van der Waals surface area contributed by atoms with E-state index >= 15 is 0 Å². The fraction of sp³-hybridized carbons (Fsp3) is 0.571. The van der Waals surface area contributed by atoms with Gasteiger partial charge < -0.3 is 19.5 Å². The van der Waals surface area contributed by atoms with Gasteiger partial charge in [0.05, 0.1) is 21.3 Å². The lowest BCUT2D eigenvalue weighted by Crippen LogP contribution is -2.26. The van der Waals surface area contributed by atoms with Crippen LogP contribution < -0.4 is 19.5 Å². The van der Waals surface area contributed by atoms with Crippen LogP contribution in [0.3, 0.4) is 0 Å². The second-order valence-corrected chi connectivity index (χ2v) is 4.46. The smallest absolute Gasteiger partial charge is 0.203 e. The van der Waals surface area contributed by atoms with Gasteiger partial charge in [-0.25, -0.2) is 0 Å². The van der Waals surface area contributed by atoms with Crippen LogP contribution in [0.5, 0.6) is 17.2 Å². The highest BCUT2D eigenvalue weighted by atomic mass is 35.5. The van der Waals surface area contributed by atoms with E-state index in [0.29, 0.717) is 11.8 Å². The summed E-state index contributed by atoms with van der Waals surface area (Å²) in [5, 5.41) is 3.52. The van der Waals surface area contributed by atoms with Crippen molar-refractivity contribution in [1.82, 2.24) is 5.32 Å². The molecule has 19 heavy (non-hydrogen) atoms. The van der Waals surface area contributed by atoms with Gasteiger partial charge >= 0.3 is 0 Å². The molecule has 1 aliphatic rings. The highest BCUT2D eigenvalue weighted by Gasteiger charge is 2.20. The first-order chi connectivity index (χ1) is 8.80. The summed E-state index contributed by atoms with van der Waals surface area (Å²) in [5.41, 5.74) is 1.20. The van der Waals surface area contributed by atoms with E-state index in [2.05, 4.69) is 5.32 Å². The van der Waals surface area contributed by atoms with Crippen LogP contribution in [0.2, 0.25) is 0 Å². The summed E-state index contributed by atoms with van der Waals surface area (Å²) in [4.78, 5) is 0. The number of ether oxygens (including phenoxy) is 3. The monoisotopic (exact) mass is 287 g/mol. The second-order valence-electron chi connectivity index (χ2n) is 4.46. The summed E-state index contributed by atoms with van der Waals surface area (Å²) >= 11 is 0. The second kappa shape index (κ2) is 7.46. The van der Waals surface area contributed by atoms with Crippen molar-refractivity contribution in [1.29, 1.82) is 0 Å². The van der Waals surface area contributed by atoms with Crippen LogP contribution >= 0.6 is 12.4 Å². The number of halogens is 1. The third kappa shape index (κ3) is 3.45. The maximum atomic E-state index is 5.38. The number of hydrogen-bond donors (Lipinski definition) is 1. The summed E-state index contributed by atoms with van der Waals surface area (Å²) in [5.74, 6) is 2.10. The van der Waals surface area contributed by atoms with Crippen molar-refractivity contribution in [2.45, 2.75) is 25.3 Å². The van der Waals surface area contributed by atoms with Crippen molar-refractivity contribution in [3.05, 3.63) is 17.7 Å². The standard InChI is InChI=1S/C14H21NO3.ClH/c1-16-12-8-10(11-6-4-5-7-15-11)9-13(17-2)14(12)18-3;/h8-9,11,15H,4-7H2,1-3H3;1H. The van der Waals surface area contributed by atoms with Crippen molar-refractivity contribution < 1.29 is 14.2 Å². The first kappa shape index (κ1) is 15.9. The third-order valence-corrected chi connectivity index (χ3v) is 3.40. The maximum Gasteiger partial charge on any atom is 0.203 e. The van der Waals surface area contributed by atoms with E-state index < -0.39 is 0 Å². The fourth-order valence-corrected chi connectivity index (χ4v) is 2.44. The molecule has 1 aromatic rings. The molecule has 1 atom stereocenters. The van der Waals surface area contributed by atoms with Gasteiger partial charge in [-0.05, 0) is 37.1 Å². The SMILES string of the molecule is COc1cc(C2CCCCN2)cc(OC)c1OC.Cl. The summed E-state index contributed by atoms with van der Waals surface area (Å²) in [6.45, 7) is 1.07. The Morgan fingerprint density at radius 3 is 2.05 bits per heavy atom. The van der Waals surface area contributed by atoms with Crippen LogP contribution in [-0.4, -0.2) is 27.9 Å². The summed E-state index contributed by atoms with van der Waals surface area (Å²) in [7, 11) is 4.92. The van der Waals surface area contributed by atoms with Crippen molar-refractivity contribution in [3.8, 4) is 17.2 Å². The Balaban J connectivity index is 0.00000180. The Hall–Kier alpha value is -1.13. The lowest BCUT2D eigenvalue weighted by molar-refractivity contribution is 0.321. The topological polar surface area (TPSA) is 39.7 Å². The highest BCUT2D eigenvalue weighted by Crippen LogP contribution is 2.40. The van der Waals surface area contributed by atoms with Gasteiger partial charge in [-0.2, -0.15) is 0 Å². The van der Waals surface area contributed by atoms with Crippen molar-refractivity contribution in [2.75, 3.05) is 27.9 Å². The van der Waals surface area contributed by atoms with Crippen LogP contribution in [0.25, 0.3) is 0 Å². The molecule has 2 rings (SSSR count). The van der Waals surface area contributed by atoms with Crippen LogP contribution in [-0.2, 0) is 0 Å². The molecular formula is C14H22ClNO3. The molecule has 0 spiro atoms. The lowest BCUT2D eigenvalue weighted by atomic mass is 9.97. The molecule has 1 fully saturated rings. The van der Waals surface area contributed by atoms with E-state index in [-0.39, 0.29) is 12.4 Å². The van der Waals surface area contributed by atoms with E-state index in [9.17, 15) is 0 Å².